The molecule has 3 amide bonds. The lowest BCUT2D eigenvalue weighted by Crippen LogP contribution is -2.30. The Hall–Kier alpha value is -2.40. The summed E-state index contributed by atoms with van der Waals surface area (Å²) in [5.74, 6) is -0.282. The lowest BCUT2D eigenvalue weighted by molar-refractivity contribution is -0.123. The third-order valence-corrected chi connectivity index (χ3v) is 4.03. The maximum atomic E-state index is 12.3. The van der Waals surface area contributed by atoms with Crippen LogP contribution in [0.4, 0.5) is 4.79 Å². The molecule has 0 radical (unpaired) electrons. The fourth-order valence-corrected chi connectivity index (χ4v) is 2.88. The molecule has 1 N–H and O–H groups in total. The van der Waals surface area contributed by atoms with E-state index >= 15 is 0 Å². The van der Waals surface area contributed by atoms with Gasteiger partial charge in [-0.25, -0.2) is 4.79 Å². The fraction of sp³-hybridized carbons (Fsp3) is 0.125. The van der Waals surface area contributed by atoms with Crippen molar-refractivity contribution in [3.63, 3.8) is 0 Å². The highest BCUT2D eigenvalue weighted by molar-refractivity contribution is 7.10. The van der Waals surface area contributed by atoms with Gasteiger partial charge in [-0.05, 0) is 30.0 Å². The smallest absolute Gasteiger partial charge is 0.303 e. The van der Waals surface area contributed by atoms with Crippen LogP contribution in [0.5, 0.6) is 0 Å². The first-order valence-electron chi connectivity index (χ1n) is 6.57. The number of nitrogens with one attached hydrogen (secondary N) is 1. The zero-order chi connectivity index (χ0) is 14.8. The molecule has 0 atom stereocenters. The molecule has 1 aromatic carbocycles. The van der Waals surface area contributed by atoms with Gasteiger partial charge in [0.05, 0.1) is 6.54 Å². The highest BCUT2D eigenvalue weighted by Gasteiger charge is 2.33. The second-order valence-corrected chi connectivity index (χ2v) is 5.86. The summed E-state index contributed by atoms with van der Waals surface area (Å²) < 4.78 is 0. The monoisotopic (exact) mass is 298 g/mol. The maximum Gasteiger partial charge on any atom is 0.329 e. The molecule has 1 aliphatic rings. The largest absolute Gasteiger partial charge is 0.329 e. The molecule has 106 valence electrons. The summed E-state index contributed by atoms with van der Waals surface area (Å²) in [6, 6.07) is 11.2. The average Bonchev–Trinajstić information content (AvgIpc) is 3.04. The molecule has 1 aromatic heterocycles. The van der Waals surface area contributed by atoms with Crippen LogP contribution in [-0.2, 0) is 11.3 Å². The first kappa shape index (κ1) is 13.6. The Labute approximate surface area is 126 Å². The Kier molecular flexibility index (Phi) is 3.58. The van der Waals surface area contributed by atoms with Gasteiger partial charge in [0.25, 0.3) is 5.91 Å². The Morgan fingerprint density at radius 3 is 2.81 bits per heavy atom. The van der Waals surface area contributed by atoms with Crippen molar-refractivity contribution in [2.24, 2.45) is 0 Å². The van der Waals surface area contributed by atoms with Crippen LogP contribution in [0.2, 0.25) is 0 Å². The van der Waals surface area contributed by atoms with Gasteiger partial charge < -0.3 is 5.32 Å². The molecular formula is C16H14N2O2S. The average molecular weight is 298 g/mol. The number of benzene rings is 1. The van der Waals surface area contributed by atoms with Gasteiger partial charge in [-0.3, -0.25) is 9.69 Å². The van der Waals surface area contributed by atoms with Crippen LogP contribution in [-0.4, -0.2) is 16.8 Å². The van der Waals surface area contributed by atoms with E-state index in [2.05, 4.69) is 5.32 Å². The number of rotatable bonds is 3. The maximum absolute atomic E-state index is 12.3. The molecule has 2 heterocycles. The van der Waals surface area contributed by atoms with Crippen molar-refractivity contribution in [2.75, 3.05) is 0 Å². The van der Waals surface area contributed by atoms with E-state index in [-0.39, 0.29) is 18.5 Å². The summed E-state index contributed by atoms with van der Waals surface area (Å²) in [5, 5.41) is 4.56. The Morgan fingerprint density at radius 1 is 1.24 bits per heavy atom. The van der Waals surface area contributed by atoms with E-state index in [1.54, 1.807) is 6.08 Å². The third kappa shape index (κ3) is 2.87. The van der Waals surface area contributed by atoms with Gasteiger partial charge in [-0.15, -0.1) is 11.3 Å². The minimum atomic E-state index is -0.371. The molecule has 1 aliphatic heterocycles. The standard InChI is InChI=1S/C16H14N2O2S/c1-11-4-2-5-12(8-11)10-18-15(19)14(17-16(18)20)9-13-6-3-7-21-13/h2-9H,10H2,1H3,(H,17,20). The second-order valence-electron chi connectivity index (χ2n) is 4.88. The van der Waals surface area contributed by atoms with Crippen molar-refractivity contribution in [3.8, 4) is 0 Å². The third-order valence-electron chi connectivity index (χ3n) is 3.22. The van der Waals surface area contributed by atoms with Crippen LogP contribution >= 0.6 is 11.3 Å². The van der Waals surface area contributed by atoms with E-state index in [1.807, 2.05) is 48.7 Å². The molecule has 1 saturated heterocycles. The minimum absolute atomic E-state index is 0.282. The van der Waals surface area contributed by atoms with E-state index in [4.69, 9.17) is 0 Å². The molecule has 0 aliphatic carbocycles. The first-order chi connectivity index (χ1) is 10.1. The van der Waals surface area contributed by atoms with Gasteiger partial charge in [-0.1, -0.05) is 35.9 Å². The molecule has 0 unspecified atom stereocenters. The lowest BCUT2D eigenvalue weighted by Gasteiger charge is -2.12. The number of carbonyl (C=O) groups is 2. The molecule has 0 bridgehead atoms. The number of thiophene rings is 1. The highest BCUT2D eigenvalue weighted by Crippen LogP contribution is 2.19. The van der Waals surface area contributed by atoms with Crippen molar-refractivity contribution in [1.29, 1.82) is 0 Å². The van der Waals surface area contributed by atoms with Crippen LogP contribution < -0.4 is 5.32 Å². The van der Waals surface area contributed by atoms with Crippen molar-refractivity contribution in [1.82, 2.24) is 10.2 Å². The van der Waals surface area contributed by atoms with Gasteiger partial charge in [0.1, 0.15) is 5.70 Å². The zero-order valence-electron chi connectivity index (χ0n) is 11.5. The number of aryl methyl sites for hydroxylation is 1. The molecule has 1 fully saturated rings. The number of imide groups is 1. The predicted molar refractivity (Wildman–Crippen MR) is 82.6 cm³/mol. The zero-order valence-corrected chi connectivity index (χ0v) is 12.3. The first-order valence-corrected chi connectivity index (χ1v) is 7.45. The van der Waals surface area contributed by atoms with E-state index < -0.39 is 0 Å². The summed E-state index contributed by atoms with van der Waals surface area (Å²) in [7, 11) is 0. The summed E-state index contributed by atoms with van der Waals surface area (Å²) >= 11 is 1.52. The summed E-state index contributed by atoms with van der Waals surface area (Å²) in [6.45, 7) is 2.27. The molecule has 4 nitrogen and oxygen atoms in total. The number of carbonyl (C=O) groups excluding carboxylic acids is 2. The summed E-state index contributed by atoms with van der Waals surface area (Å²) in [6.07, 6.45) is 1.71. The lowest BCUT2D eigenvalue weighted by atomic mass is 10.1. The van der Waals surface area contributed by atoms with Crippen LogP contribution in [0.25, 0.3) is 6.08 Å². The van der Waals surface area contributed by atoms with Gasteiger partial charge >= 0.3 is 6.03 Å². The van der Waals surface area contributed by atoms with Gasteiger partial charge in [-0.2, -0.15) is 0 Å². The van der Waals surface area contributed by atoms with E-state index in [1.165, 1.54) is 16.2 Å². The number of nitrogens with zero attached hydrogens (tertiary/aromatic N) is 1. The quantitative estimate of drug-likeness (QED) is 0.699. The van der Waals surface area contributed by atoms with E-state index in [0.717, 1.165) is 16.0 Å². The van der Waals surface area contributed by atoms with Crippen molar-refractivity contribution >= 4 is 29.4 Å². The van der Waals surface area contributed by atoms with Crippen LogP contribution in [0, 0.1) is 6.92 Å². The topological polar surface area (TPSA) is 49.4 Å². The van der Waals surface area contributed by atoms with Gasteiger partial charge in [0, 0.05) is 4.88 Å². The van der Waals surface area contributed by atoms with Crippen LogP contribution in [0.1, 0.15) is 16.0 Å². The molecule has 5 heteroatoms. The van der Waals surface area contributed by atoms with Gasteiger partial charge in [0.2, 0.25) is 0 Å². The number of urea groups is 1. The SMILES string of the molecule is Cc1cccc(CN2C(=O)NC(=Cc3cccs3)C2=O)c1. The number of amides is 3. The van der Waals surface area contributed by atoms with Gasteiger partial charge in [0.15, 0.2) is 0 Å². The molecule has 3 rings (SSSR count). The Bertz CT molecular complexity index is 720. The van der Waals surface area contributed by atoms with Crippen molar-refractivity contribution in [3.05, 3.63) is 63.5 Å². The molecule has 2 aromatic rings. The van der Waals surface area contributed by atoms with Crippen LogP contribution in [0.3, 0.4) is 0 Å². The molecular weight excluding hydrogens is 284 g/mol. The van der Waals surface area contributed by atoms with E-state index in [0.29, 0.717) is 5.70 Å². The van der Waals surface area contributed by atoms with Crippen LogP contribution in [0.15, 0.2) is 47.5 Å². The second kappa shape index (κ2) is 5.54. The molecule has 21 heavy (non-hydrogen) atoms. The minimum Gasteiger partial charge on any atom is -0.303 e. The summed E-state index contributed by atoms with van der Waals surface area (Å²) in [5.41, 5.74) is 2.37. The fourth-order valence-electron chi connectivity index (χ4n) is 2.22. The highest BCUT2D eigenvalue weighted by atomic mass is 32.1. The number of hydrogen-bond donors (Lipinski definition) is 1. The Morgan fingerprint density at radius 2 is 2.10 bits per heavy atom. The molecule has 0 spiro atoms. The Balaban J connectivity index is 1.81. The number of hydrogen-bond acceptors (Lipinski definition) is 3. The van der Waals surface area contributed by atoms with Crippen molar-refractivity contribution < 1.29 is 9.59 Å². The van der Waals surface area contributed by atoms with Crippen molar-refractivity contribution in [2.45, 2.75) is 13.5 Å². The summed E-state index contributed by atoms with van der Waals surface area (Å²) in [4.78, 5) is 26.5. The van der Waals surface area contributed by atoms with E-state index in [9.17, 15) is 9.59 Å². The predicted octanol–water partition coefficient (Wildman–Crippen LogP) is 3.15. The molecule has 0 saturated carbocycles. The normalized spacial score (nSPS) is 16.6.